The summed E-state index contributed by atoms with van der Waals surface area (Å²) in [7, 11) is 1.71. The lowest BCUT2D eigenvalue weighted by Gasteiger charge is -2.24. The lowest BCUT2D eigenvalue weighted by Crippen LogP contribution is -2.18. The molecule has 0 bridgehead atoms. The molecule has 0 fully saturated rings. The highest BCUT2D eigenvalue weighted by atomic mass is 32.1. The summed E-state index contributed by atoms with van der Waals surface area (Å²) >= 11 is 5.32. The van der Waals surface area contributed by atoms with Gasteiger partial charge in [0, 0.05) is 19.6 Å². The summed E-state index contributed by atoms with van der Waals surface area (Å²) in [5.41, 5.74) is 2.91. The Morgan fingerprint density at radius 2 is 2.20 bits per heavy atom. The molecule has 1 aliphatic rings. The number of benzene rings is 1. The van der Waals surface area contributed by atoms with Gasteiger partial charge >= 0.3 is 0 Å². The maximum absolute atomic E-state index is 5.32. The highest BCUT2D eigenvalue weighted by Crippen LogP contribution is 2.31. The smallest absolute Gasteiger partial charge is 0.195 e. The number of fused-ring (bicyclic) bond motifs is 1. The zero-order valence-electron chi connectivity index (χ0n) is 11.6. The zero-order chi connectivity index (χ0) is 13.9. The predicted octanol–water partition coefficient (Wildman–Crippen LogP) is 2.86. The fourth-order valence-electron chi connectivity index (χ4n) is 2.96. The van der Waals surface area contributed by atoms with E-state index in [1.54, 1.807) is 7.11 Å². The summed E-state index contributed by atoms with van der Waals surface area (Å²) < 4.78 is 7.93. The lowest BCUT2D eigenvalue weighted by molar-refractivity contribution is 0.185. The fourth-order valence-corrected chi connectivity index (χ4v) is 3.19. The number of hydrogen-bond acceptors (Lipinski definition) is 3. The number of aromatic amines is 1. The van der Waals surface area contributed by atoms with Crippen LogP contribution < -0.4 is 0 Å². The third kappa shape index (κ3) is 2.55. The molecule has 3 rings (SSSR count). The van der Waals surface area contributed by atoms with E-state index in [9.17, 15) is 0 Å². The predicted molar refractivity (Wildman–Crippen MR) is 80.5 cm³/mol. The van der Waals surface area contributed by atoms with Gasteiger partial charge in [-0.3, -0.25) is 5.10 Å². The van der Waals surface area contributed by atoms with Crippen molar-refractivity contribution in [2.75, 3.05) is 13.7 Å². The van der Waals surface area contributed by atoms with Crippen molar-refractivity contribution >= 4 is 12.2 Å². The molecule has 106 valence electrons. The molecular formula is C15H19N3OS. The highest BCUT2D eigenvalue weighted by Gasteiger charge is 2.24. The van der Waals surface area contributed by atoms with Crippen LogP contribution in [0.5, 0.6) is 0 Å². The molecule has 0 amide bonds. The van der Waals surface area contributed by atoms with E-state index in [4.69, 9.17) is 17.0 Å². The van der Waals surface area contributed by atoms with Crippen LogP contribution in [0.3, 0.4) is 0 Å². The molecule has 1 aliphatic carbocycles. The maximum atomic E-state index is 5.32. The van der Waals surface area contributed by atoms with Gasteiger partial charge in [0.25, 0.3) is 0 Å². The first-order valence-corrected chi connectivity index (χ1v) is 7.41. The van der Waals surface area contributed by atoms with Crippen LogP contribution in [0.4, 0.5) is 0 Å². The average molecular weight is 289 g/mol. The Hall–Kier alpha value is -1.46. The Morgan fingerprint density at radius 1 is 1.40 bits per heavy atom. The second kappa shape index (κ2) is 5.89. The first-order valence-electron chi connectivity index (χ1n) is 7.00. The standard InChI is InChI=1S/C15H19N3OS/c1-19-9-8-18-14(16-17-15(18)20)13-7-6-11-4-2-3-5-12(11)10-13/h2-5,13H,6-10H2,1H3,(H,17,20). The summed E-state index contributed by atoms with van der Waals surface area (Å²) in [6, 6.07) is 8.69. The molecular weight excluding hydrogens is 270 g/mol. The van der Waals surface area contributed by atoms with Crippen molar-refractivity contribution in [2.24, 2.45) is 0 Å². The monoisotopic (exact) mass is 289 g/mol. The van der Waals surface area contributed by atoms with Crippen molar-refractivity contribution < 1.29 is 4.74 Å². The van der Waals surface area contributed by atoms with Gasteiger partial charge in [-0.05, 0) is 42.6 Å². The van der Waals surface area contributed by atoms with Crippen LogP contribution in [-0.2, 0) is 24.1 Å². The molecule has 0 saturated heterocycles. The van der Waals surface area contributed by atoms with Gasteiger partial charge in [0.2, 0.25) is 0 Å². The molecule has 2 aromatic rings. The number of aromatic nitrogens is 3. The van der Waals surface area contributed by atoms with Crippen molar-refractivity contribution in [3.8, 4) is 0 Å². The van der Waals surface area contributed by atoms with Gasteiger partial charge < -0.3 is 9.30 Å². The third-order valence-electron chi connectivity index (χ3n) is 4.02. The molecule has 1 unspecified atom stereocenters. The fraction of sp³-hybridized carbons (Fsp3) is 0.467. The first-order chi connectivity index (χ1) is 9.79. The van der Waals surface area contributed by atoms with E-state index in [1.807, 2.05) is 0 Å². The molecule has 5 heteroatoms. The molecule has 4 nitrogen and oxygen atoms in total. The minimum absolute atomic E-state index is 0.440. The Balaban J connectivity index is 1.86. The molecule has 0 saturated carbocycles. The number of nitrogens with one attached hydrogen (secondary N) is 1. The Morgan fingerprint density at radius 3 is 3.00 bits per heavy atom. The quantitative estimate of drug-likeness (QED) is 0.880. The molecule has 0 radical (unpaired) electrons. The molecule has 1 N–H and O–H groups in total. The number of rotatable bonds is 4. The third-order valence-corrected chi connectivity index (χ3v) is 4.33. The van der Waals surface area contributed by atoms with Crippen molar-refractivity contribution in [2.45, 2.75) is 31.7 Å². The number of methoxy groups -OCH3 is 1. The number of aryl methyl sites for hydroxylation is 1. The number of nitrogens with zero attached hydrogens (tertiary/aromatic N) is 2. The van der Waals surface area contributed by atoms with E-state index in [0.717, 1.165) is 31.6 Å². The molecule has 1 atom stereocenters. The largest absolute Gasteiger partial charge is 0.383 e. The van der Waals surface area contributed by atoms with Crippen LogP contribution in [0.25, 0.3) is 0 Å². The Bertz CT molecular complexity index is 647. The summed E-state index contributed by atoms with van der Waals surface area (Å²) in [4.78, 5) is 0. The number of H-pyrrole nitrogens is 1. The normalized spacial score (nSPS) is 17.9. The second-order valence-corrected chi connectivity index (χ2v) is 5.63. The van der Waals surface area contributed by atoms with E-state index in [-0.39, 0.29) is 0 Å². The van der Waals surface area contributed by atoms with E-state index in [0.29, 0.717) is 17.3 Å². The Kier molecular flexibility index (Phi) is 3.98. The van der Waals surface area contributed by atoms with Gasteiger partial charge in [-0.25, -0.2) is 0 Å². The van der Waals surface area contributed by atoms with Crippen LogP contribution in [0.1, 0.15) is 29.3 Å². The van der Waals surface area contributed by atoms with E-state index < -0.39 is 0 Å². The van der Waals surface area contributed by atoms with E-state index in [2.05, 4.69) is 39.0 Å². The number of hydrogen-bond donors (Lipinski definition) is 1. The second-order valence-electron chi connectivity index (χ2n) is 5.24. The maximum Gasteiger partial charge on any atom is 0.195 e. The number of ether oxygens (including phenoxy) is 1. The summed E-state index contributed by atoms with van der Waals surface area (Å²) in [6.45, 7) is 1.42. The van der Waals surface area contributed by atoms with Crippen molar-refractivity contribution in [1.82, 2.24) is 14.8 Å². The van der Waals surface area contributed by atoms with Crippen LogP contribution in [0.15, 0.2) is 24.3 Å². The van der Waals surface area contributed by atoms with Crippen LogP contribution in [-0.4, -0.2) is 28.5 Å². The zero-order valence-corrected chi connectivity index (χ0v) is 12.4. The topological polar surface area (TPSA) is 42.8 Å². The highest BCUT2D eigenvalue weighted by molar-refractivity contribution is 7.71. The van der Waals surface area contributed by atoms with Crippen molar-refractivity contribution in [3.63, 3.8) is 0 Å². The van der Waals surface area contributed by atoms with Gasteiger partial charge in [-0.15, -0.1) is 0 Å². The Labute approximate surface area is 123 Å². The molecule has 0 spiro atoms. The molecule has 0 aliphatic heterocycles. The average Bonchev–Trinajstić information content (AvgIpc) is 2.85. The minimum atomic E-state index is 0.440. The lowest BCUT2D eigenvalue weighted by atomic mass is 9.83. The van der Waals surface area contributed by atoms with Gasteiger partial charge in [-0.1, -0.05) is 24.3 Å². The van der Waals surface area contributed by atoms with Gasteiger partial charge in [-0.2, -0.15) is 5.10 Å². The molecule has 1 aromatic carbocycles. The SMILES string of the molecule is COCCn1c(C2CCc3ccccc3C2)n[nH]c1=S. The summed E-state index contributed by atoms with van der Waals surface area (Å²) in [5, 5.41) is 7.38. The molecule has 20 heavy (non-hydrogen) atoms. The van der Waals surface area contributed by atoms with Crippen LogP contribution in [0, 0.1) is 4.77 Å². The van der Waals surface area contributed by atoms with Gasteiger partial charge in [0.1, 0.15) is 5.82 Å². The first kappa shape index (κ1) is 13.5. The van der Waals surface area contributed by atoms with Crippen LogP contribution >= 0.6 is 12.2 Å². The molecule has 1 heterocycles. The van der Waals surface area contributed by atoms with Crippen molar-refractivity contribution in [1.29, 1.82) is 0 Å². The summed E-state index contributed by atoms with van der Waals surface area (Å²) in [6.07, 6.45) is 3.29. The molecule has 1 aromatic heterocycles. The van der Waals surface area contributed by atoms with E-state index in [1.165, 1.54) is 11.1 Å². The van der Waals surface area contributed by atoms with Gasteiger partial charge in [0.05, 0.1) is 6.61 Å². The minimum Gasteiger partial charge on any atom is -0.383 e. The van der Waals surface area contributed by atoms with Crippen LogP contribution in [0.2, 0.25) is 0 Å². The van der Waals surface area contributed by atoms with Crippen molar-refractivity contribution in [3.05, 3.63) is 46.0 Å². The van der Waals surface area contributed by atoms with Gasteiger partial charge in [0.15, 0.2) is 4.77 Å². The van der Waals surface area contributed by atoms with E-state index >= 15 is 0 Å². The summed E-state index contributed by atoms with van der Waals surface area (Å²) in [5.74, 6) is 1.51.